The number of halogens is 6. The fourth-order valence-corrected chi connectivity index (χ4v) is 2.26. The molecule has 1 fully saturated rings. The number of nitrogens with zero attached hydrogens (tertiary/aromatic N) is 1. The molecule has 3 nitrogen and oxygen atoms in total. The molecule has 0 saturated carbocycles. The lowest BCUT2D eigenvalue weighted by Gasteiger charge is -2.21. The Balaban J connectivity index is 2.40. The molecule has 1 saturated heterocycles. The van der Waals surface area contributed by atoms with Gasteiger partial charge >= 0.3 is 18.4 Å². The van der Waals surface area contributed by atoms with Crippen molar-refractivity contribution >= 4 is 6.09 Å². The van der Waals surface area contributed by atoms with Crippen molar-refractivity contribution in [1.29, 1.82) is 0 Å². The van der Waals surface area contributed by atoms with Gasteiger partial charge in [0, 0.05) is 6.54 Å². The number of benzene rings is 1. The van der Waals surface area contributed by atoms with Crippen molar-refractivity contribution in [2.45, 2.75) is 44.9 Å². The first-order chi connectivity index (χ1) is 10.4. The second-order valence-electron chi connectivity index (χ2n) is 5.37. The Morgan fingerprint density at radius 1 is 1.00 bits per heavy atom. The van der Waals surface area contributed by atoms with Gasteiger partial charge in [-0.2, -0.15) is 26.3 Å². The van der Waals surface area contributed by atoms with Crippen LogP contribution in [0.5, 0.6) is 0 Å². The van der Waals surface area contributed by atoms with Crippen molar-refractivity contribution in [2.75, 3.05) is 0 Å². The zero-order valence-electron chi connectivity index (χ0n) is 12.1. The van der Waals surface area contributed by atoms with Crippen molar-refractivity contribution < 1.29 is 35.9 Å². The lowest BCUT2D eigenvalue weighted by Crippen LogP contribution is -2.32. The fourth-order valence-electron chi connectivity index (χ4n) is 2.26. The predicted octanol–water partition coefficient (Wildman–Crippen LogP) is 4.45. The SMILES string of the molecule is C[C@@H]1OC(=O)N(Cc2cc(C(F)(F)F)cc(C(F)(F)F)c2)[C@H]1C. The Kier molecular flexibility index (Phi) is 4.25. The molecule has 0 bridgehead atoms. The lowest BCUT2D eigenvalue weighted by molar-refractivity contribution is -0.143. The standard InChI is InChI=1S/C14H13F6NO2/c1-7-8(2)23-12(22)21(7)6-9-3-10(13(15,16)17)5-11(4-9)14(18,19)20/h3-5,7-8H,6H2,1-2H3/t7-,8-/m0/s1. The smallest absolute Gasteiger partial charge is 0.416 e. The first-order valence-corrected chi connectivity index (χ1v) is 6.65. The highest BCUT2D eigenvalue weighted by atomic mass is 19.4. The van der Waals surface area contributed by atoms with E-state index in [4.69, 9.17) is 4.74 Å². The van der Waals surface area contributed by atoms with E-state index in [9.17, 15) is 31.1 Å². The third-order valence-electron chi connectivity index (χ3n) is 3.69. The molecule has 1 aliphatic rings. The summed E-state index contributed by atoms with van der Waals surface area (Å²) in [6.07, 6.45) is -11.1. The lowest BCUT2D eigenvalue weighted by atomic mass is 10.0. The molecule has 9 heteroatoms. The van der Waals surface area contributed by atoms with Gasteiger partial charge in [0.15, 0.2) is 0 Å². The summed E-state index contributed by atoms with van der Waals surface area (Å²) in [7, 11) is 0. The van der Waals surface area contributed by atoms with Crippen molar-refractivity contribution in [3.63, 3.8) is 0 Å². The topological polar surface area (TPSA) is 29.5 Å². The van der Waals surface area contributed by atoms with Gasteiger partial charge < -0.3 is 4.74 Å². The number of carbonyl (C=O) groups excluding carboxylic acids is 1. The number of carbonyl (C=O) groups is 1. The number of hydrogen-bond donors (Lipinski definition) is 0. The van der Waals surface area contributed by atoms with Gasteiger partial charge in [-0.05, 0) is 37.6 Å². The zero-order valence-corrected chi connectivity index (χ0v) is 12.1. The van der Waals surface area contributed by atoms with Gasteiger partial charge in [0.2, 0.25) is 0 Å². The molecular weight excluding hydrogens is 328 g/mol. The number of amides is 1. The molecule has 1 aromatic rings. The van der Waals surface area contributed by atoms with Gasteiger partial charge in [-0.25, -0.2) is 4.79 Å². The van der Waals surface area contributed by atoms with Gasteiger partial charge in [-0.15, -0.1) is 0 Å². The van der Waals surface area contributed by atoms with Gasteiger partial charge in [0.25, 0.3) is 0 Å². The predicted molar refractivity (Wildman–Crippen MR) is 67.4 cm³/mol. The normalized spacial score (nSPS) is 22.4. The molecule has 2 atom stereocenters. The molecule has 0 radical (unpaired) electrons. The van der Waals surface area contributed by atoms with Crippen LogP contribution >= 0.6 is 0 Å². The average Bonchev–Trinajstić information content (AvgIpc) is 2.63. The van der Waals surface area contributed by atoms with Crippen LogP contribution in [0.4, 0.5) is 31.1 Å². The molecule has 0 spiro atoms. The minimum Gasteiger partial charge on any atom is -0.444 e. The number of hydrogen-bond acceptors (Lipinski definition) is 2. The summed E-state index contributed by atoms with van der Waals surface area (Å²) in [6, 6.07) is 0.820. The van der Waals surface area contributed by atoms with E-state index < -0.39 is 48.3 Å². The Morgan fingerprint density at radius 3 is 1.83 bits per heavy atom. The number of ether oxygens (including phenoxy) is 1. The van der Waals surface area contributed by atoms with Crippen LogP contribution < -0.4 is 0 Å². The van der Waals surface area contributed by atoms with Crippen LogP contribution in [0, 0.1) is 0 Å². The largest absolute Gasteiger partial charge is 0.444 e. The van der Waals surface area contributed by atoms with Crippen molar-refractivity contribution in [1.82, 2.24) is 4.90 Å². The minimum atomic E-state index is -4.92. The summed E-state index contributed by atoms with van der Waals surface area (Å²) in [5.74, 6) is 0. The number of cyclic esters (lactones) is 1. The third-order valence-corrected chi connectivity index (χ3v) is 3.69. The zero-order chi connectivity index (χ0) is 17.6. The molecule has 1 aromatic carbocycles. The summed E-state index contributed by atoms with van der Waals surface area (Å²) in [5.41, 5.74) is -3.07. The number of rotatable bonds is 2. The van der Waals surface area contributed by atoms with E-state index in [1.807, 2.05) is 0 Å². The molecule has 23 heavy (non-hydrogen) atoms. The van der Waals surface area contributed by atoms with Crippen LogP contribution in [0.25, 0.3) is 0 Å². The third kappa shape index (κ3) is 3.70. The second-order valence-corrected chi connectivity index (χ2v) is 5.37. The van der Waals surface area contributed by atoms with Crippen LogP contribution in [0.15, 0.2) is 18.2 Å². The van der Waals surface area contributed by atoms with E-state index in [1.165, 1.54) is 0 Å². The van der Waals surface area contributed by atoms with Crippen LogP contribution in [0.2, 0.25) is 0 Å². The summed E-state index contributed by atoms with van der Waals surface area (Å²) in [4.78, 5) is 12.7. The van der Waals surface area contributed by atoms with Crippen LogP contribution in [0.1, 0.15) is 30.5 Å². The number of alkyl halides is 6. The van der Waals surface area contributed by atoms with E-state index in [2.05, 4.69) is 0 Å². The molecule has 2 rings (SSSR count). The Morgan fingerprint density at radius 2 is 1.48 bits per heavy atom. The van der Waals surface area contributed by atoms with Gasteiger partial charge in [-0.1, -0.05) is 0 Å². The first-order valence-electron chi connectivity index (χ1n) is 6.65. The van der Waals surface area contributed by atoms with Gasteiger partial charge in [0.05, 0.1) is 17.2 Å². The molecule has 1 amide bonds. The van der Waals surface area contributed by atoms with E-state index in [-0.39, 0.29) is 11.6 Å². The molecule has 0 aromatic heterocycles. The molecular formula is C14H13F6NO2. The van der Waals surface area contributed by atoms with E-state index in [1.54, 1.807) is 13.8 Å². The minimum absolute atomic E-state index is 0.0534. The van der Waals surface area contributed by atoms with E-state index >= 15 is 0 Å². The molecule has 0 aliphatic carbocycles. The highest BCUT2D eigenvalue weighted by Gasteiger charge is 2.39. The van der Waals surface area contributed by atoms with Crippen molar-refractivity contribution in [2.24, 2.45) is 0 Å². The van der Waals surface area contributed by atoms with Gasteiger partial charge in [0.1, 0.15) is 6.10 Å². The second kappa shape index (κ2) is 5.61. The van der Waals surface area contributed by atoms with Gasteiger partial charge in [-0.3, -0.25) is 4.90 Å². The van der Waals surface area contributed by atoms with E-state index in [0.29, 0.717) is 12.1 Å². The summed E-state index contributed by atoms with van der Waals surface area (Å²) in [6.45, 7) is 2.81. The Labute approximate surface area is 127 Å². The Hall–Kier alpha value is -1.93. The maximum Gasteiger partial charge on any atom is 0.416 e. The van der Waals surface area contributed by atoms with Crippen LogP contribution in [-0.2, 0) is 23.6 Å². The summed E-state index contributed by atoms with van der Waals surface area (Å²) >= 11 is 0. The van der Waals surface area contributed by atoms with E-state index in [0.717, 1.165) is 4.90 Å². The summed E-state index contributed by atoms with van der Waals surface area (Å²) in [5, 5.41) is 0. The van der Waals surface area contributed by atoms with Crippen LogP contribution in [0.3, 0.4) is 0 Å². The molecule has 1 heterocycles. The maximum absolute atomic E-state index is 12.8. The maximum atomic E-state index is 12.8. The fraction of sp³-hybridized carbons (Fsp3) is 0.500. The quantitative estimate of drug-likeness (QED) is 0.744. The average molecular weight is 341 g/mol. The highest BCUT2D eigenvalue weighted by molar-refractivity contribution is 5.70. The highest BCUT2D eigenvalue weighted by Crippen LogP contribution is 2.37. The van der Waals surface area contributed by atoms with Crippen molar-refractivity contribution in [3.05, 3.63) is 34.9 Å². The monoisotopic (exact) mass is 341 g/mol. The molecule has 128 valence electrons. The molecule has 0 unspecified atom stereocenters. The first kappa shape index (κ1) is 17.4. The van der Waals surface area contributed by atoms with Crippen molar-refractivity contribution in [3.8, 4) is 0 Å². The van der Waals surface area contributed by atoms with Crippen LogP contribution in [-0.4, -0.2) is 23.1 Å². The molecule has 1 aliphatic heterocycles. The molecule has 0 N–H and O–H groups in total. The summed E-state index contributed by atoms with van der Waals surface area (Å²) < 4.78 is 81.7. The Bertz CT molecular complexity index is 578.